The number of halogens is 3. The zero-order valence-corrected chi connectivity index (χ0v) is 13.6. The van der Waals surface area contributed by atoms with Gasteiger partial charge in [-0.05, 0) is 43.3 Å². The monoisotopic (exact) mass is 355 g/mol. The van der Waals surface area contributed by atoms with Crippen molar-refractivity contribution in [1.82, 2.24) is 5.32 Å². The lowest BCUT2D eigenvalue weighted by Gasteiger charge is -2.21. The van der Waals surface area contributed by atoms with E-state index in [4.69, 9.17) is 4.74 Å². The van der Waals surface area contributed by atoms with Crippen LogP contribution in [-0.2, 0) is 0 Å². The summed E-state index contributed by atoms with van der Waals surface area (Å²) in [6.07, 6.45) is 0. The van der Waals surface area contributed by atoms with Gasteiger partial charge in [-0.25, -0.2) is 8.78 Å². The van der Waals surface area contributed by atoms with E-state index in [9.17, 15) is 8.78 Å². The van der Waals surface area contributed by atoms with Gasteiger partial charge in [-0.3, -0.25) is 0 Å². The topological polar surface area (TPSA) is 21.3 Å². The van der Waals surface area contributed by atoms with Gasteiger partial charge in [0.15, 0.2) is 0 Å². The molecule has 0 fully saturated rings. The largest absolute Gasteiger partial charge is 0.497 e. The lowest BCUT2D eigenvalue weighted by molar-refractivity contribution is 0.414. The quantitative estimate of drug-likeness (QED) is 0.879. The molecule has 0 aliphatic heterocycles. The number of hydrogen-bond acceptors (Lipinski definition) is 2. The first-order valence-electron chi connectivity index (χ1n) is 6.44. The zero-order valence-electron chi connectivity index (χ0n) is 12.0. The molecular formula is C16H16BrF2NO. The van der Waals surface area contributed by atoms with Gasteiger partial charge in [0.1, 0.15) is 17.4 Å². The third-order valence-corrected chi connectivity index (χ3v) is 4.10. The summed E-state index contributed by atoms with van der Waals surface area (Å²) >= 11 is 3.43. The highest BCUT2D eigenvalue weighted by Crippen LogP contribution is 2.34. The fraction of sp³-hybridized carbons (Fsp3) is 0.250. The average Bonchev–Trinajstić information content (AvgIpc) is 2.48. The summed E-state index contributed by atoms with van der Waals surface area (Å²) in [5, 5.41) is 2.97. The Hall–Kier alpha value is -1.46. The predicted molar refractivity (Wildman–Crippen MR) is 82.7 cm³/mol. The van der Waals surface area contributed by atoms with Crippen LogP contribution in [0.25, 0.3) is 0 Å². The molecule has 0 aliphatic carbocycles. The zero-order chi connectivity index (χ0) is 15.6. The smallest absolute Gasteiger partial charge is 0.134 e. The number of rotatable bonds is 4. The van der Waals surface area contributed by atoms with Gasteiger partial charge in [-0.15, -0.1) is 0 Å². The maximum Gasteiger partial charge on any atom is 0.134 e. The van der Waals surface area contributed by atoms with Crippen molar-refractivity contribution >= 4 is 15.9 Å². The summed E-state index contributed by atoms with van der Waals surface area (Å²) in [5.41, 5.74) is 1.17. The van der Waals surface area contributed by atoms with Crippen LogP contribution in [-0.4, -0.2) is 14.2 Å². The molecule has 0 saturated heterocycles. The molecule has 0 heterocycles. The highest BCUT2D eigenvalue weighted by molar-refractivity contribution is 9.10. The minimum Gasteiger partial charge on any atom is -0.497 e. The molecule has 5 heteroatoms. The molecule has 2 aromatic rings. The van der Waals surface area contributed by atoms with Crippen molar-refractivity contribution < 1.29 is 13.5 Å². The molecule has 1 atom stereocenters. The normalized spacial score (nSPS) is 12.3. The Morgan fingerprint density at radius 3 is 2.48 bits per heavy atom. The van der Waals surface area contributed by atoms with Crippen LogP contribution in [0.3, 0.4) is 0 Å². The summed E-state index contributed by atoms with van der Waals surface area (Å²) in [6, 6.07) is 7.44. The number of nitrogens with one attached hydrogen (secondary N) is 1. The first-order chi connectivity index (χ1) is 9.99. The second kappa shape index (κ2) is 6.54. The molecule has 2 rings (SSSR count). The maximum absolute atomic E-state index is 14.3. The number of benzene rings is 2. The van der Waals surface area contributed by atoms with Crippen molar-refractivity contribution in [2.24, 2.45) is 0 Å². The molecule has 0 amide bonds. The Morgan fingerprint density at radius 1 is 1.19 bits per heavy atom. The maximum atomic E-state index is 14.3. The number of hydrogen-bond donors (Lipinski definition) is 1. The fourth-order valence-electron chi connectivity index (χ4n) is 2.27. The lowest BCUT2D eigenvalue weighted by atomic mass is 9.96. The molecule has 0 radical (unpaired) electrons. The predicted octanol–water partition coefficient (Wildman–Crippen LogP) is 4.35. The van der Waals surface area contributed by atoms with E-state index in [0.29, 0.717) is 11.3 Å². The third-order valence-electron chi connectivity index (χ3n) is 3.42. The van der Waals surface area contributed by atoms with Gasteiger partial charge in [-0.1, -0.05) is 28.1 Å². The molecule has 2 nitrogen and oxygen atoms in total. The summed E-state index contributed by atoms with van der Waals surface area (Å²) in [5.74, 6) is -0.428. The van der Waals surface area contributed by atoms with E-state index in [-0.39, 0.29) is 5.56 Å². The van der Waals surface area contributed by atoms with E-state index in [1.54, 1.807) is 39.3 Å². The molecule has 0 saturated carbocycles. The van der Waals surface area contributed by atoms with E-state index in [2.05, 4.69) is 21.2 Å². The minimum absolute atomic E-state index is 0.0170. The van der Waals surface area contributed by atoms with E-state index in [0.717, 1.165) is 10.0 Å². The summed E-state index contributed by atoms with van der Waals surface area (Å²) < 4.78 is 34.3. The highest BCUT2D eigenvalue weighted by Gasteiger charge is 2.23. The van der Waals surface area contributed by atoms with Crippen LogP contribution in [0.15, 0.2) is 34.8 Å². The molecule has 1 unspecified atom stereocenters. The van der Waals surface area contributed by atoms with Crippen molar-refractivity contribution in [3.8, 4) is 5.75 Å². The van der Waals surface area contributed by atoms with Crippen molar-refractivity contribution in [2.75, 3.05) is 14.2 Å². The highest BCUT2D eigenvalue weighted by atomic mass is 79.9. The van der Waals surface area contributed by atoms with E-state index >= 15 is 0 Å². The van der Waals surface area contributed by atoms with Crippen molar-refractivity contribution in [1.29, 1.82) is 0 Å². The molecule has 0 spiro atoms. The molecule has 0 aliphatic rings. The average molecular weight is 356 g/mol. The van der Waals surface area contributed by atoms with Crippen LogP contribution in [0.1, 0.15) is 22.7 Å². The molecule has 0 bridgehead atoms. The number of aryl methyl sites for hydroxylation is 1. The van der Waals surface area contributed by atoms with Crippen LogP contribution in [0.4, 0.5) is 8.78 Å². The Bertz CT molecular complexity index is 661. The Balaban J connectivity index is 2.58. The molecular weight excluding hydrogens is 340 g/mol. The van der Waals surface area contributed by atoms with Gasteiger partial charge < -0.3 is 10.1 Å². The third kappa shape index (κ3) is 3.09. The van der Waals surface area contributed by atoms with Gasteiger partial charge in [-0.2, -0.15) is 0 Å². The Labute approximate surface area is 131 Å². The molecule has 2 aromatic carbocycles. The van der Waals surface area contributed by atoms with Gasteiger partial charge in [0.25, 0.3) is 0 Å². The standard InChI is InChI=1S/C16H16BrF2NO/c1-9-4-7-13(18)14(15(9)19)16(20-2)11-6-5-10(21-3)8-12(11)17/h4-8,16,20H,1-3H3. The van der Waals surface area contributed by atoms with Gasteiger partial charge in [0.05, 0.1) is 13.2 Å². The first-order valence-corrected chi connectivity index (χ1v) is 7.24. The molecule has 112 valence electrons. The van der Waals surface area contributed by atoms with Crippen molar-refractivity contribution in [3.05, 3.63) is 63.1 Å². The fourth-order valence-corrected chi connectivity index (χ4v) is 2.85. The minimum atomic E-state index is -0.592. The van der Waals surface area contributed by atoms with Gasteiger partial charge >= 0.3 is 0 Å². The van der Waals surface area contributed by atoms with Crippen LogP contribution in [0.2, 0.25) is 0 Å². The SMILES string of the molecule is CNC(c1ccc(OC)cc1Br)c1c(F)ccc(C)c1F. The van der Waals surface area contributed by atoms with Crippen LogP contribution >= 0.6 is 15.9 Å². The molecule has 0 aromatic heterocycles. The summed E-state index contributed by atoms with van der Waals surface area (Å²) in [6.45, 7) is 1.62. The van der Waals surface area contributed by atoms with Crippen LogP contribution in [0.5, 0.6) is 5.75 Å². The molecule has 1 N–H and O–H groups in total. The Morgan fingerprint density at radius 2 is 1.90 bits per heavy atom. The van der Waals surface area contributed by atoms with E-state index in [1.807, 2.05) is 0 Å². The van der Waals surface area contributed by atoms with Crippen molar-refractivity contribution in [3.63, 3.8) is 0 Å². The summed E-state index contributed by atoms with van der Waals surface area (Å²) in [4.78, 5) is 0. The lowest BCUT2D eigenvalue weighted by Crippen LogP contribution is -2.21. The Kier molecular flexibility index (Phi) is 4.96. The second-order valence-corrected chi connectivity index (χ2v) is 5.56. The number of methoxy groups -OCH3 is 1. The van der Waals surface area contributed by atoms with Crippen LogP contribution < -0.4 is 10.1 Å². The molecule has 21 heavy (non-hydrogen) atoms. The van der Waals surface area contributed by atoms with Crippen LogP contribution in [0, 0.1) is 18.6 Å². The first kappa shape index (κ1) is 15.9. The van der Waals surface area contributed by atoms with E-state index in [1.165, 1.54) is 12.1 Å². The number of ether oxygens (including phenoxy) is 1. The summed E-state index contributed by atoms with van der Waals surface area (Å²) in [7, 11) is 3.24. The van der Waals surface area contributed by atoms with Gasteiger partial charge in [0.2, 0.25) is 0 Å². The second-order valence-electron chi connectivity index (χ2n) is 4.70. The van der Waals surface area contributed by atoms with Crippen molar-refractivity contribution in [2.45, 2.75) is 13.0 Å². The van der Waals surface area contributed by atoms with Gasteiger partial charge in [0, 0.05) is 10.0 Å². The van der Waals surface area contributed by atoms with E-state index < -0.39 is 17.7 Å².